The molecule has 132 valence electrons. The molecular formula is C19H23N3O3. The Morgan fingerprint density at radius 2 is 2.12 bits per heavy atom. The Bertz CT molecular complexity index is 769. The lowest BCUT2D eigenvalue weighted by molar-refractivity contribution is 0.0457. The average Bonchev–Trinajstić information content (AvgIpc) is 3.18. The largest absolute Gasteiger partial charge is 0.487 e. The number of hydrogen-bond acceptors (Lipinski definition) is 4. The van der Waals surface area contributed by atoms with E-state index in [4.69, 9.17) is 4.74 Å². The zero-order chi connectivity index (χ0) is 17.4. The first-order valence-corrected chi connectivity index (χ1v) is 8.80. The molecule has 1 aromatic heterocycles. The fraction of sp³-hybridized carbons (Fsp3) is 0.474. The number of carbonyl (C=O) groups is 1. The van der Waals surface area contributed by atoms with E-state index in [9.17, 15) is 9.90 Å². The molecule has 1 aliphatic heterocycles. The minimum Gasteiger partial charge on any atom is -0.487 e. The predicted molar refractivity (Wildman–Crippen MR) is 92.3 cm³/mol. The Balaban J connectivity index is 1.46. The molecule has 0 bridgehead atoms. The second-order valence-corrected chi connectivity index (χ2v) is 7.24. The van der Waals surface area contributed by atoms with Crippen LogP contribution in [0.2, 0.25) is 0 Å². The van der Waals surface area contributed by atoms with Gasteiger partial charge in [0.1, 0.15) is 23.7 Å². The molecule has 4 rings (SSSR count). The Morgan fingerprint density at radius 1 is 1.32 bits per heavy atom. The normalized spacial score (nSPS) is 25.9. The zero-order valence-electron chi connectivity index (χ0n) is 14.4. The van der Waals surface area contributed by atoms with Crippen LogP contribution >= 0.6 is 0 Å². The fourth-order valence-corrected chi connectivity index (χ4v) is 3.81. The highest BCUT2D eigenvalue weighted by Gasteiger charge is 2.40. The molecule has 6 heteroatoms. The molecule has 2 aromatic rings. The standard InChI is InChI=1S/C19H23N3O3/c1-19(24)8-7-15(12-19)21-9-10-22-17(18(21)23)11-14(20-22)13-25-16-5-3-2-4-6-16/h2-6,11,15,24H,7-10,12-13H2,1H3/t15?,19-/m0/s1. The van der Waals surface area contributed by atoms with Crippen LogP contribution in [0.4, 0.5) is 0 Å². The van der Waals surface area contributed by atoms with E-state index in [1.165, 1.54) is 0 Å². The van der Waals surface area contributed by atoms with Gasteiger partial charge in [-0.15, -0.1) is 0 Å². The molecule has 1 saturated carbocycles. The van der Waals surface area contributed by atoms with Gasteiger partial charge in [-0.3, -0.25) is 9.48 Å². The molecule has 1 unspecified atom stereocenters. The summed E-state index contributed by atoms with van der Waals surface area (Å²) in [6.45, 7) is 3.53. The van der Waals surface area contributed by atoms with Crippen LogP contribution in [0.25, 0.3) is 0 Å². The van der Waals surface area contributed by atoms with Crippen molar-refractivity contribution in [2.75, 3.05) is 6.54 Å². The lowest BCUT2D eigenvalue weighted by atomic mass is 10.1. The number of ether oxygens (including phenoxy) is 1. The number of rotatable bonds is 4. The molecular weight excluding hydrogens is 318 g/mol. The van der Waals surface area contributed by atoms with Crippen molar-refractivity contribution in [1.29, 1.82) is 0 Å². The maximum Gasteiger partial charge on any atom is 0.272 e. The third kappa shape index (κ3) is 3.26. The van der Waals surface area contributed by atoms with E-state index in [1.54, 1.807) is 4.68 Å². The molecule has 2 heterocycles. The maximum absolute atomic E-state index is 12.8. The monoisotopic (exact) mass is 341 g/mol. The van der Waals surface area contributed by atoms with Crippen LogP contribution < -0.4 is 4.74 Å². The fourth-order valence-electron chi connectivity index (χ4n) is 3.81. The number of carbonyl (C=O) groups excluding carboxylic acids is 1. The molecule has 1 aliphatic carbocycles. The minimum atomic E-state index is -0.655. The Hall–Kier alpha value is -2.34. The van der Waals surface area contributed by atoms with E-state index in [-0.39, 0.29) is 11.9 Å². The van der Waals surface area contributed by atoms with Gasteiger partial charge < -0.3 is 14.7 Å². The van der Waals surface area contributed by atoms with Crippen molar-refractivity contribution in [3.63, 3.8) is 0 Å². The summed E-state index contributed by atoms with van der Waals surface area (Å²) in [5.41, 5.74) is 0.717. The van der Waals surface area contributed by atoms with Gasteiger partial charge in [-0.1, -0.05) is 18.2 Å². The van der Waals surface area contributed by atoms with Gasteiger partial charge in [0.15, 0.2) is 0 Å². The third-order valence-corrected chi connectivity index (χ3v) is 5.13. The van der Waals surface area contributed by atoms with Crippen molar-refractivity contribution < 1.29 is 14.6 Å². The topological polar surface area (TPSA) is 67.6 Å². The highest BCUT2D eigenvalue weighted by Crippen LogP contribution is 2.34. The molecule has 0 radical (unpaired) electrons. The highest BCUT2D eigenvalue weighted by atomic mass is 16.5. The van der Waals surface area contributed by atoms with Gasteiger partial charge in [0.05, 0.1) is 12.1 Å². The van der Waals surface area contributed by atoms with Gasteiger partial charge in [0, 0.05) is 12.6 Å². The number of aliphatic hydroxyl groups is 1. The molecule has 0 spiro atoms. The van der Waals surface area contributed by atoms with Crippen LogP contribution in [0.15, 0.2) is 36.4 Å². The molecule has 2 aliphatic rings. The quantitative estimate of drug-likeness (QED) is 0.926. The first-order valence-electron chi connectivity index (χ1n) is 8.80. The number of para-hydroxylation sites is 1. The number of benzene rings is 1. The van der Waals surface area contributed by atoms with Gasteiger partial charge in [-0.2, -0.15) is 5.10 Å². The van der Waals surface area contributed by atoms with Gasteiger partial charge >= 0.3 is 0 Å². The van der Waals surface area contributed by atoms with Crippen molar-refractivity contribution in [3.05, 3.63) is 47.8 Å². The molecule has 1 aromatic carbocycles. The van der Waals surface area contributed by atoms with Crippen LogP contribution in [0.5, 0.6) is 5.75 Å². The lowest BCUT2D eigenvalue weighted by Gasteiger charge is -2.33. The number of aromatic nitrogens is 2. The van der Waals surface area contributed by atoms with E-state index >= 15 is 0 Å². The summed E-state index contributed by atoms with van der Waals surface area (Å²) >= 11 is 0. The van der Waals surface area contributed by atoms with Crippen LogP contribution in [-0.2, 0) is 13.2 Å². The third-order valence-electron chi connectivity index (χ3n) is 5.13. The van der Waals surface area contributed by atoms with Crippen molar-refractivity contribution >= 4 is 5.91 Å². The zero-order valence-corrected chi connectivity index (χ0v) is 14.4. The molecule has 2 atom stereocenters. The van der Waals surface area contributed by atoms with Gasteiger partial charge in [0.25, 0.3) is 5.91 Å². The molecule has 0 saturated heterocycles. The van der Waals surface area contributed by atoms with E-state index in [1.807, 2.05) is 48.2 Å². The summed E-state index contributed by atoms with van der Waals surface area (Å²) in [4.78, 5) is 14.7. The first-order chi connectivity index (χ1) is 12.0. The SMILES string of the molecule is C[C@]1(O)CCC(N2CCn3nc(COc4ccccc4)cc3C2=O)C1. The van der Waals surface area contributed by atoms with Crippen molar-refractivity contribution in [2.24, 2.45) is 0 Å². The number of hydrogen-bond donors (Lipinski definition) is 1. The summed E-state index contributed by atoms with van der Waals surface area (Å²) in [7, 11) is 0. The summed E-state index contributed by atoms with van der Waals surface area (Å²) in [5, 5.41) is 14.7. The first kappa shape index (κ1) is 16.1. The number of fused-ring (bicyclic) bond motifs is 1. The Morgan fingerprint density at radius 3 is 2.84 bits per heavy atom. The second-order valence-electron chi connectivity index (χ2n) is 7.24. The van der Waals surface area contributed by atoms with Crippen LogP contribution in [0, 0.1) is 0 Å². The van der Waals surface area contributed by atoms with E-state index in [0.29, 0.717) is 31.8 Å². The van der Waals surface area contributed by atoms with E-state index < -0.39 is 5.60 Å². The van der Waals surface area contributed by atoms with Crippen LogP contribution in [0.3, 0.4) is 0 Å². The lowest BCUT2D eigenvalue weighted by Crippen LogP contribution is -2.46. The average molecular weight is 341 g/mol. The van der Waals surface area contributed by atoms with Crippen molar-refractivity contribution in [3.8, 4) is 5.75 Å². The molecule has 1 N–H and O–H groups in total. The number of amides is 1. The van der Waals surface area contributed by atoms with E-state index in [2.05, 4.69) is 5.10 Å². The van der Waals surface area contributed by atoms with Crippen LogP contribution in [0.1, 0.15) is 42.4 Å². The Kier molecular flexibility index (Phi) is 4.00. The Labute approximate surface area is 147 Å². The number of nitrogens with zero attached hydrogens (tertiary/aromatic N) is 3. The van der Waals surface area contributed by atoms with Gasteiger partial charge in [-0.05, 0) is 44.4 Å². The highest BCUT2D eigenvalue weighted by molar-refractivity contribution is 5.93. The molecule has 1 fully saturated rings. The predicted octanol–water partition coefficient (Wildman–Crippen LogP) is 2.22. The molecule has 6 nitrogen and oxygen atoms in total. The summed E-state index contributed by atoms with van der Waals surface area (Å²) in [6, 6.07) is 11.5. The smallest absolute Gasteiger partial charge is 0.272 e. The molecule has 25 heavy (non-hydrogen) atoms. The van der Waals surface area contributed by atoms with Crippen LogP contribution in [-0.4, -0.2) is 43.9 Å². The second kappa shape index (κ2) is 6.19. The summed E-state index contributed by atoms with van der Waals surface area (Å²) in [6.07, 6.45) is 2.25. The van der Waals surface area contributed by atoms with Gasteiger partial charge in [-0.25, -0.2) is 0 Å². The van der Waals surface area contributed by atoms with Gasteiger partial charge in [0.2, 0.25) is 0 Å². The van der Waals surface area contributed by atoms with Crippen molar-refractivity contribution in [1.82, 2.24) is 14.7 Å². The minimum absolute atomic E-state index is 0.00686. The summed E-state index contributed by atoms with van der Waals surface area (Å²) < 4.78 is 7.50. The van der Waals surface area contributed by atoms with Crippen molar-refractivity contribution in [2.45, 2.75) is 51.0 Å². The van der Waals surface area contributed by atoms with E-state index in [0.717, 1.165) is 24.3 Å². The summed E-state index contributed by atoms with van der Waals surface area (Å²) in [5.74, 6) is 0.794. The molecule has 1 amide bonds. The maximum atomic E-state index is 12.8.